The molecule has 4 aromatic rings. The van der Waals surface area contributed by atoms with E-state index in [1.165, 1.54) is 11.6 Å². The number of ether oxygens (including phenoxy) is 1. The topological polar surface area (TPSA) is 101 Å². The molecule has 0 unspecified atom stereocenters. The zero-order valence-electron chi connectivity index (χ0n) is 20.5. The van der Waals surface area contributed by atoms with Crippen LogP contribution < -0.4 is 10.2 Å². The first-order valence-electron chi connectivity index (χ1n) is 12.4. The van der Waals surface area contributed by atoms with Crippen LogP contribution in [-0.4, -0.2) is 43.2 Å². The van der Waals surface area contributed by atoms with Gasteiger partial charge in [-0.25, -0.2) is 13.4 Å². The van der Waals surface area contributed by atoms with Gasteiger partial charge in [-0.3, -0.25) is 9.78 Å². The Labute approximate surface area is 225 Å². The van der Waals surface area contributed by atoms with E-state index in [0.717, 1.165) is 41.8 Å². The molecule has 0 bridgehead atoms. The molecule has 1 N–H and O–H groups in total. The van der Waals surface area contributed by atoms with Crippen LogP contribution in [-0.2, 0) is 34.1 Å². The van der Waals surface area contributed by atoms with Crippen molar-refractivity contribution in [2.24, 2.45) is 0 Å². The molecule has 0 fully saturated rings. The van der Waals surface area contributed by atoms with Gasteiger partial charge in [0.1, 0.15) is 5.82 Å². The minimum absolute atomic E-state index is 0.101. The number of para-hydroxylation sites is 1. The number of nitrogens with zero attached hydrogens (tertiary/aromatic N) is 3. The van der Waals surface area contributed by atoms with Gasteiger partial charge in [-0.15, -0.1) is 0 Å². The molecule has 2 aliphatic heterocycles. The standard InChI is InChI=1S/C28H25ClN4O4S/c29-23-5-1-3-18-4-2-10-33(27(18)23)26-9-8-20-15-30-22(14-24(20)32-26)16-31-28(34)19-6-7-21-17-37-11-12-38(35,36)25(21)13-19/h1,3,5-9,13-15H,2,4,10-12,16-17H2,(H,31,34). The number of benzene rings is 2. The Morgan fingerprint density at radius 3 is 2.89 bits per heavy atom. The van der Waals surface area contributed by atoms with E-state index in [4.69, 9.17) is 21.3 Å². The van der Waals surface area contributed by atoms with Gasteiger partial charge < -0.3 is 15.0 Å². The maximum atomic E-state index is 12.9. The Bertz CT molecular complexity index is 1680. The quantitative estimate of drug-likeness (QED) is 0.397. The van der Waals surface area contributed by atoms with Crippen molar-refractivity contribution in [1.82, 2.24) is 15.3 Å². The lowest BCUT2D eigenvalue weighted by atomic mass is 10.0. The number of rotatable bonds is 4. The second kappa shape index (κ2) is 9.98. The molecular weight excluding hydrogens is 524 g/mol. The van der Waals surface area contributed by atoms with Crippen molar-refractivity contribution < 1.29 is 17.9 Å². The van der Waals surface area contributed by atoms with E-state index in [1.807, 2.05) is 30.3 Å². The predicted molar refractivity (Wildman–Crippen MR) is 146 cm³/mol. The third-order valence-corrected chi connectivity index (χ3v) is 8.97. The summed E-state index contributed by atoms with van der Waals surface area (Å²) in [6, 6.07) is 16.5. The number of hydrogen-bond acceptors (Lipinski definition) is 7. The number of carbonyl (C=O) groups excluding carboxylic acids is 1. The fraction of sp³-hybridized carbons (Fsp3) is 0.250. The van der Waals surface area contributed by atoms with E-state index >= 15 is 0 Å². The van der Waals surface area contributed by atoms with E-state index in [9.17, 15) is 13.2 Å². The van der Waals surface area contributed by atoms with Gasteiger partial charge in [0.2, 0.25) is 0 Å². The minimum atomic E-state index is -3.50. The summed E-state index contributed by atoms with van der Waals surface area (Å²) in [5, 5.41) is 4.44. The summed E-state index contributed by atoms with van der Waals surface area (Å²) in [5.41, 5.74) is 4.45. The summed E-state index contributed by atoms with van der Waals surface area (Å²) >= 11 is 6.56. The van der Waals surface area contributed by atoms with Crippen LogP contribution >= 0.6 is 11.6 Å². The van der Waals surface area contributed by atoms with Gasteiger partial charge in [-0.2, -0.15) is 0 Å². The molecule has 4 heterocycles. The Balaban J connectivity index is 1.23. The number of aromatic nitrogens is 2. The van der Waals surface area contributed by atoms with Gasteiger partial charge in [0.05, 0.1) is 52.3 Å². The van der Waals surface area contributed by atoms with Gasteiger partial charge in [0.25, 0.3) is 5.91 Å². The number of fused-ring (bicyclic) bond motifs is 3. The molecule has 0 spiro atoms. The molecule has 194 valence electrons. The second-order valence-electron chi connectivity index (χ2n) is 9.42. The van der Waals surface area contributed by atoms with E-state index in [2.05, 4.69) is 21.3 Å². The summed E-state index contributed by atoms with van der Waals surface area (Å²) in [6.07, 6.45) is 3.73. The average Bonchev–Trinajstić information content (AvgIpc) is 3.08. The molecule has 38 heavy (non-hydrogen) atoms. The first-order chi connectivity index (χ1) is 18.4. The smallest absolute Gasteiger partial charge is 0.251 e. The van der Waals surface area contributed by atoms with Crippen LogP contribution in [0.3, 0.4) is 0 Å². The van der Waals surface area contributed by atoms with Crippen LogP contribution in [0, 0.1) is 0 Å². The Kier molecular flexibility index (Phi) is 6.51. The highest BCUT2D eigenvalue weighted by molar-refractivity contribution is 7.91. The van der Waals surface area contributed by atoms with Crippen LogP contribution in [0.15, 0.2) is 65.7 Å². The molecule has 2 aliphatic rings. The van der Waals surface area contributed by atoms with Crippen molar-refractivity contribution in [3.63, 3.8) is 0 Å². The average molecular weight is 549 g/mol. The Hall–Kier alpha value is -3.53. The predicted octanol–water partition coefficient (Wildman–Crippen LogP) is 4.60. The lowest BCUT2D eigenvalue weighted by Gasteiger charge is -2.31. The molecule has 0 radical (unpaired) electrons. The van der Waals surface area contributed by atoms with E-state index in [-0.39, 0.29) is 41.9 Å². The Morgan fingerprint density at radius 1 is 1.11 bits per heavy atom. The third-order valence-electron chi connectivity index (χ3n) is 6.91. The molecule has 6 rings (SSSR count). The molecule has 8 nitrogen and oxygen atoms in total. The SMILES string of the molecule is O=C(NCc1cc2nc(N3CCCc4cccc(Cl)c43)ccc2cn1)c1ccc2c(c1)S(=O)(=O)CCOC2. The first kappa shape index (κ1) is 24.8. The first-order valence-corrected chi connectivity index (χ1v) is 14.4. The Morgan fingerprint density at radius 2 is 2.00 bits per heavy atom. The number of carbonyl (C=O) groups is 1. The molecule has 0 saturated carbocycles. The molecule has 10 heteroatoms. The molecule has 0 saturated heterocycles. The molecule has 0 atom stereocenters. The van der Waals surface area contributed by atoms with E-state index in [0.29, 0.717) is 16.3 Å². The van der Waals surface area contributed by atoms with Crippen LogP contribution in [0.5, 0.6) is 0 Å². The minimum Gasteiger partial charge on any atom is -0.376 e. The van der Waals surface area contributed by atoms with Crippen molar-refractivity contribution in [3.05, 3.63) is 88.2 Å². The number of pyridine rings is 2. The summed E-state index contributed by atoms with van der Waals surface area (Å²) in [5.74, 6) is 0.329. The summed E-state index contributed by atoms with van der Waals surface area (Å²) < 4.78 is 30.5. The number of anilines is 2. The monoisotopic (exact) mass is 548 g/mol. The van der Waals surface area contributed by atoms with Crippen molar-refractivity contribution in [1.29, 1.82) is 0 Å². The fourth-order valence-corrected chi connectivity index (χ4v) is 6.65. The number of amides is 1. The van der Waals surface area contributed by atoms with Crippen LogP contribution in [0.4, 0.5) is 11.5 Å². The highest BCUT2D eigenvalue weighted by atomic mass is 35.5. The van der Waals surface area contributed by atoms with Gasteiger partial charge in [-0.05, 0) is 60.4 Å². The maximum Gasteiger partial charge on any atom is 0.251 e. The molecule has 0 aliphatic carbocycles. The van der Waals surface area contributed by atoms with Gasteiger partial charge in [0.15, 0.2) is 9.84 Å². The van der Waals surface area contributed by atoms with E-state index < -0.39 is 9.84 Å². The van der Waals surface area contributed by atoms with Crippen LogP contribution in [0.25, 0.3) is 10.9 Å². The maximum absolute atomic E-state index is 12.9. The van der Waals surface area contributed by atoms with Crippen molar-refractivity contribution in [3.8, 4) is 0 Å². The van der Waals surface area contributed by atoms with Crippen LogP contribution in [0.1, 0.15) is 33.6 Å². The third kappa shape index (κ3) is 4.73. The molecular formula is C28H25ClN4O4S. The molecule has 2 aromatic carbocycles. The summed E-state index contributed by atoms with van der Waals surface area (Å²) in [4.78, 5) is 24.5. The number of aryl methyl sites for hydroxylation is 1. The number of nitrogens with one attached hydrogen (secondary N) is 1. The van der Waals surface area contributed by atoms with Gasteiger partial charge in [0, 0.05) is 23.7 Å². The number of halogens is 1. The lowest BCUT2D eigenvalue weighted by molar-refractivity contribution is 0.0950. The zero-order chi connectivity index (χ0) is 26.3. The highest BCUT2D eigenvalue weighted by Gasteiger charge is 2.24. The van der Waals surface area contributed by atoms with Crippen LogP contribution in [0.2, 0.25) is 5.02 Å². The van der Waals surface area contributed by atoms with Gasteiger partial charge in [-0.1, -0.05) is 29.8 Å². The number of sulfone groups is 1. The largest absolute Gasteiger partial charge is 0.376 e. The lowest BCUT2D eigenvalue weighted by Crippen LogP contribution is -2.25. The molecule has 1 amide bonds. The number of hydrogen-bond donors (Lipinski definition) is 1. The summed E-state index contributed by atoms with van der Waals surface area (Å²) in [6.45, 7) is 1.35. The van der Waals surface area contributed by atoms with Crippen molar-refractivity contribution >= 4 is 49.8 Å². The van der Waals surface area contributed by atoms with Gasteiger partial charge >= 0.3 is 0 Å². The van der Waals surface area contributed by atoms with Crippen molar-refractivity contribution in [2.45, 2.75) is 30.9 Å². The fourth-order valence-electron chi connectivity index (χ4n) is 4.96. The second-order valence-corrected chi connectivity index (χ2v) is 11.9. The summed E-state index contributed by atoms with van der Waals surface area (Å²) in [7, 11) is -3.50. The molecule has 2 aromatic heterocycles. The highest BCUT2D eigenvalue weighted by Crippen LogP contribution is 2.38. The normalized spacial score (nSPS) is 16.4. The van der Waals surface area contributed by atoms with E-state index in [1.54, 1.807) is 18.3 Å². The van der Waals surface area contributed by atoms with Crippen molar-refractivity contribution in [2.75, 3.05) is 23.8 Å². The zero-order valence-corrected chi connectivity index (χ0v) is 22.1.